The molecule has 0 aliphatic carbocycles. The molecule has 0 atom stereocenters. The lowest BCUT2D eigenvalue weighted by Gasteiger charge is -2.10. The maximum absolute atomic E-state index is 12.6. The van der Waals surface area contributed by atoms with Gasteiger partial charge in [-0.15, -0.1) is 0 Å². The lowest BCUT2D eigenvalue weighted by Crippen LogP contribution is -2.14. The van der Waals surface area contributed by atoms with E-state index >= 15 is 0 Å². The highest BCUT2D eigenvalue weighted by atomic mass is 32.2. The Kier molecular flexibility index (Phi) is 13.3. The van der Waals surface area contributed by atoms with Crippen LogP contribution in [0, 0.1) is 0 Å². The number of anilines is 2. The van der Waals surface area contributed by atoms with Gasteiger partial charge in [0.15, 0.2) is 0 Å². The van der Waals surface area contributed by atoms with Gasteiger partial charge in [0.05, 0.1) is 11.5 Å². The summed E-state index contributed by atoms with van der Waals surface area (Å²) in [4.78, 5) is 12.4. The van der Waals surface area contributed by atoms with Crippen LogP contribution in [-0.2, 0) is 14.8 Å². The fourth-order valence-electron chi connectivity index (χ4n) is 3.89. The van der Waals surface area contributed by atoms with Crippen LogP contribution in [0.3, 0.4) is 0 Å². The van der Waals surface area contributed by atoms with Crippen LogP contribution in [0.4, 0.5) is 11.4 Å². The second kappa shape index (κ2) is 16.2. The van der Waals surface area contributed by atoms with Crippen LogP contribution in [0.2, 0.25) is 0 Å². The summed E-state index contributed by atoms with van der Waals surface area (Å²) in [5, 5.41) is 2.86. The van der Waals surface area contributed by atoms with Crippen molar-refractivity contribution in [3.8, 4) is 5.75 Å². The summed E-state index contributed by atoms with van der Waals surface area (Å²) in [6.07, 6.45) is 14.2. The van der Waals surface area contributed by atoms with Crippen molar-refractivity contribution in [2.24, 2.45) is 0 Å². The smallest absolute Gasteiger partial charge is 0.261 e. The molecule has 0 fully saturated rings. The predicted molar refractivity (Wildman–Crippen MR) is 145 cm³/mol. The molecular weight excluding hydrogens is 460 g/mol. The SMILES string of the molecule is CCCCCCCCCCCCCC(=O)Nc1ccc(S(=O)(=O)Nc2ccc(OCC)cc2)cc1. The molecule has 0 aliphatic heterocycles. The maximum Gasteiger partial charge on any atom is 0.261 e. The van der Waals surface area contributed by atoms with E-state index in [9.17, 15) is 13.2 Å². The molecule has 0 aromatic heterocycles. The molecular formula is C28H42N2O4S. The van der Waals surface area contributed by atoms with Crippen molar-refractivity contribution in [2.45, 2.75) is 95.8 Å². The average molecular weight is 503 g/mol. The van der Waals surface area contributed by atoms with E-state index in [-0.39, 0.29) is 10.8 Å². The van der Waals surface area contributed by atoms with Crippen molar-refractivity contribution in [1.82, 2.24) is 0 Å². The number of carbonyl (C=O) groups is 1. The number of benzene rings is 2. The van der Waals surface area contributed by atoms with E-state index < -0.39 is 10.0 Å². The van der Waals surface area contributed by atoms with Crippen LogP contribution in [-0.4, -0.2) is 20.9 Å². The molecule has 6 nitrogen and oxygen atoms in total. The standard InChI is InChI=1S/C28H42N2O4S/c1-3-5-6-7-8-9-10-11-12-13-14-15-28(31)29-24-18-22-27(23-19-24)35(32,33)30-25-16-20-26(21-17-25)34-4-2/h16-23,30H,3-15H2,1-2H3,(H,29,31). The van der Waals surface area contributed by atoms with Crippen molar-refractivity contribution < 1.29 is 17.9 Å². The highest BCUT2D eigenvalue weighted by molar-refractivity contribution is 7.92. The Morgan fingerprint density at radius 2 is 1.23 bits per heavy atom. The minimum absolute atomic E-state index is 0.0379. The maximum atomic E-state index is 12.6. The zero-order valence-corrected chi connectivity index (χ0v) is 22.2. The number of rotatable bonds is 18. The van der Waals surface area contributed by atoms with Gasteiger partial charge in [-0.1, -0.05) is 71.1 Å². The first-order valence-electron chi connectivity index (χ1n) is 13.1. The third-order valence-corrected chi connectivity index (χ3v) is 7.27. The number of ether oxygens (including phenoxy) is 1. The van der Waals surface area contributed by atoms with Gasteiger partial charge in [0.1, 0.15) is 5.75 Å². The number of carbonyl (C=O) groups excluding carboxylic acids is 1. The second-order valence-electron chi connectivity index (χ2n) is 8.92. The van der Waals surface area contributed by atoms with Gasteiger partial charge in [0.2, 0.25) is 5.91 Å². The van der Waals surface area contributed by atoms with E-state index in [0.717, 1.165) is 12.8 Å². The summed E-state index contributed by atoms with van der Waals surface area (Å²) in [6, 6.07) is 13.0. The normalized spacial score (nSPS) is 11.3. The Hall–Kier alpha value is -2.54. The topological polar surface area (TPSA) is 84.5 Å². The monoisotopic (exact) mass is 502 g/mol. The van der Waals surface area contributed by atoms with Crippen molar-refractivity contribution >= 4 is 27.3 Å². The van der Waals surface area contributed by atoms with E-state index in [1.165, 1.54) is 69.9 Å². The van der Waals surface area contributed by atoms with Gasteiger partial charge in [-0.3, -0.25) is 9.52 Å². The molecule has 35 heavy (non-hydrogen) atoms. The lowest BCUT2D eigenvalue weighted by atomic mass is 10.1. The van der Waals surface area contributed by atoms with Crippen molar-refractivity contribution in [1.29, 1.82) is 0 Å². The zero-order chi connectivity index (χ0) is 25.4. The average Bonchev–Trinajstić information content (AvgIpc) is 2.84. The van der Waals surface area contributed by atoms with Crippen LogP contribution in [0.25, 0.3) is 0 Å². The highest BCUT2D eigenvalue weighted by Gasteiger charge is 2.14. The quantitative estimate of drug-likeness (QED) is 0.206. The van der Waals surface area contributed by atoms with E-state index in [1.807, 2.05) is 6.92 Å². The third-order valence-electron chi connectivity index (χ3n) is 5.87. The molecule has 0 aliphatic rings. The Bertz CT molecular complexity index is 957. The molecule has 1 amide bonds. The van der Waals surface area contributed by atoms with Gasteiger partial charge >= 0.3 is 0 Å². The van der Waals surface area contributed by atoms with E-state index in [2.05, 4.69) is 17.0 Å². The Labute approximate surface area is 211 Å². The van der Waals surface area contributed by atoms with Gasteiger partial charge in [-0.05, 0) is 61.9 Å². The molecule has 0 radical (unpaired) electrons. The molecule has 0 bridgehead atoms. The molecule has 0 heterocycles. The first kappa shape index (κ1) is 28.7. The summed E-state index contributed by atoms with van der Waals surface area (Å²) in [7, 11) is -3.72. The number of sulfonamides is 1. The van der Waals surface area contributed by atoms with E-state index in [4.69, 9.17) is 4.74 Å². The largest absolute Gasteiger partial charge is 0.494 e. The number of amides is 1. The first-order valence-corrected chi connectivity index (χ1v) is 14.6. The van der Waals surface area contributed by atoms with Gasteiger partial charge in [-0.2, -0.15) is 0 Å². The van der Waals surface area contributed by atoms with E-state index in [0.29, 0.717) is 30.2 Å². The van der Waals surface area contributed by atoms with Crippen LogP contribution >= 0.6 is 0 Å². The summed E-state index contributed by atoms with van der Waals surface area (Å²) in [5.41, 5.74) is 1.05. The molecule has 2 N–H and O–H groups in total. The minimum atomic E-state index is -3.72. The summed E-state index contributed by atoms with van der Waals surface area (Å²) in [5.74, 6) is 0.646. The summed E-state index contributed by atoms with van der Waals surface area (Å²) < 4.78 is 33.2. The number of hydrogen-bond acceptors (Lipinski definition) is 4. The fourth-order valence-corrected chi connectivity index (χ4v) is 4.95. The molecule has 0 saturated carbocycles. The second-order valence-corrected chi connectivity index (χ2v) is 10.6. The fraction of sp³-hybridized carbons (Fsp3) is 0.536. The third kappa shape index (κ3) is 11.6. The Morgan fingerprint density at radius 1 is 0.714 bits per heavy atom. The highest BCUT2D eigenvalue weighted by Crippen LogP contribution is 2.21. The number of unbranched alkanes of at least 4 members (excludes halogenated alkanes) is 10. The first-order chi connectivity index (χ1) is 16.9. The molecule has 0 unspecified atom stereocenters. The van der Waals surface area contributed by atoms with Crippen molar-refractivity contribution in [3.63, 3.8) is 0 Å². The van der Waals surface area contributed by atoms with Crippen molar-refractivity contribution in [3.05, 3.63) is 48.5 Å². The van der Waals surface area contributed by atoms with Crippen LogP contribution in [0.1, 0.15) is 90.9 Å². The number of hydrogen-bond donors (Lipinski definition) is 2. The number of nitrogens with one attached hydrogen (secondary N) is 2. The van der Waals surface area contributed by atoms with Crippen molar-refractivity contribution in [2.75, 3.05) is 16.6 Å². The molecule has 194 valence electrons. The molecule has 2 rings (SSSR count). The molecule has 0 saturated heterocycles. The molecule has 2 aromatic rings. The molecule has 7 heteroatoms. The van der Waals surface area contributed by atoms with Crippen LogP contribution in [0.15, 0.2) is 53.4 Å². The molecule has 2 aromatic carbocycles. The van der Waals surface area contributed by atoms with E-state index in [1.54, 1.807) is 36.4 Å². The summed E-state index contributed by atoms with van der Waals surface area (Å²) >= 11 is 0. The summed E-state index contributed by atoms with van der Waals surface area (Å²) in [6.45, 7) is 4.68. The zero-order valence-electron chi connectivity index (χ0n) is 21.4. The van der Waals surface area contributed by atoms with Crippen LogP contribution < -0.4 is 14.8 Å². The minimum Gasteiger partial charge on any atom is -0.494 e. The van der Waals surface area contributed by atoms with Crippen LogP contribution in [0.5, 0.6) is 5.75 Å². The molecule has 0 spiro atoms. The van der Waals surface area contributed by atoms with Gasteiger partial charge in [0, 0.05) is 17.8 Å². The van der Waals surface area contributed by atoms with Gasteiger partial charge < -0.3 is 10.1 Å². The van der Waals surface area contributed by atoms with Gasteiger partial charge in [-0.25, -0.2) is 8.42 Å². The predicted octanol–water partition coefficient (Wildman–Crippen LogP) is 7.53. The van der Waals surface area contributed by atoms with Gasteiger partial charge in [0.25, 0.3) is 10.0 Å². The lowest BCUT2D eigenvalue weighted by molar-refractivity contribution is -0.116. The Balaban J connectivity index is 1.66. The Morgan fingerprint density at radius 3 is 1.77 bits per heavy atom.